The van der Waals surface area contributed by atoms with E-state index in [9.17, 15) is 0 Å². The molecule has 15 heavy (non-hydrogen) atoms. The molecule has 0 spiro atoms. The maximum Gasteiger partial charge on any atom is 0.123 e. The third-order valence-electron chi connectivity index (χ3n) is 2.05. The number of rotatable bonds is 6. The van der Waals surface area contributed by atoms with Crippen LogP contribution in [0.15, 0.2) is 36.9 Å². The van der Waals surface area contributed by atoms with E-state index in [2.05, 4.69) is 6.58 Å². The van der Waals surface area contributed by atoms with E-state index in [1.165, 1.54) is 0 Å². The molecular formula is C12H17NO2. The molecule has 0 bridgehead atoms. The summed E-state index contributed by atoms with van der Waals surface area (Å²) in [5.74, 6) is 0.807. The van der Waals surface area contributed by atoms with Crippen LogP contribution in [-0.2, 0) is 6.42 Å². The van der Waals surface area contributed by atoms with E-state index >= 15 is 0 Å². The summed E-state index contributed by atoms with van der Waals surface area (Å²) < 4.78 is 5.48. The zero-order valence-corrected chi connectivity index (χ0v) is 8.73. The third kappa shape index (κ3) is 3.73. The van der Waals surface area contributed by atoms with E-state index in [1.54, 1.807) is 6.08 Å². The van der Waals surface area contributed by atoms with Gasteiger partial charge >= 0.3 is 0 Å². The van der Waals surface area contributed by atoms with Gasteiger partial charge in [-0.05, 0) is 18.1 Å². The van der Waals surface area contributed by atoms with E-state index in [4.69, 9.17) is 15.6 Å². The van der Waals surface area contributed by atoms with Crippen molar-refractivity contribution in [2.75, 3.05) is 13.2 Å². The zero-order chi connectivity index (χ0) is 11.1. The van der Waals surface area contributed by atoms with Crippen LogP contribution < -0.4 is 10.5 Å². The van der Waals surface area contributed by atoms with Crippen LogP contribution in [0.5, 0.6) is 5.75 Å². The Morgan fingerprint density at radius 3 is 2.87 bits per heavy atom. The van der Waals surface area contributed by atoms with Gasteiger partial charge in [0.15, 0.2) is 0 Å². The Hall–Kier alpha value is -1.32. The molecule has 1 unspecified atom stereocenters. The van der Waals surface area contributed by atoms with Crippen molar-refractivity contribution in [1.82, 2.24) is 0 Å². The van der Waals surface area contributed by atoms with Crippen molar-refractivity contribution in [2.45, 2.75) is 12.5 Å². The lowest BCUT2D eigenvalue weighted by molar-refractivity contribution is 0.264. The van der Waals surface area contributed by atoms with Gasteiger partial charge in [-0.3, -0.25) is 0 Å². The quantitative estimate of drug-likeness (QED) is 0.687. The maximum absolute atomic E-state index is 8.88. The molecule has 3 heteroatoms. The average Bonchev–Trinajstić information content (AvgIpc) is 2.28. The average molecular weight is 207 g/mol. The summed E-state index contributed by atoms with van der Waals surface area (Å²) in [7, 11) is 0. The summed E-state index contributed by atoms with van der Waals surface area (Å²) in [6, 6.07) is 7.45. The van der Waals surface area contributed by atoms with E-state index in [0.29, 0.717) is 13.0 Å². The van der Waals surface area contributed by atoms with Gasteiger partial charge < -0.3 is 15.6 Å². The fourth-order valence-corrected chi connectivity index (χ4v) is 1.31. The molecule has 1 rings (SSSR count). The van der Waals surface area contributed by atoms with Crippen molar-refractivity contribution in [3.8, 4) is 5.75 Å². The van der Waals surface area contributed by atoms with Crippen molar-refractivity contribution in [1.29, 1.82) is 0 Å². The van der Waals surface area contributed by atoms with Crippen LogP contribution in [0.3, 0.4) is 0 Å². The van der Waals surface area contributed by atoms with Gasteiger partial charge in [0.25, 0.3) is 0 Å². The first-order valence-electron chi connectivity index (χ1n) is 4.96. The van der Waals surface area contributed by atoms with Crippen LogP contribution in [-0.4, -0.2) is 24.4 Å². The summed E-state index contributed by atoms with van der Waals surface area (Å²) in [6.45, 7) is 4.05. The summed E-state index contributed by atoms with van der Waals surface area (Å²) in [4.78, 5) is 0. The topological polar surface area (TPSA) is 55.5 Å². The number of hydrogen-bond donors (Lipinski definition) is 2. The standard InChI is InChI=1S/C12H17NO2/c1-2-7-15-12-6-4-3-5-10(12)8-11(13)9-14/h2-6,11,14H,1,7-9,13H2. The first-order chi connectivity index (χ1) is 7.27. The largest absolute Gasteiger partial charge is 0.489 e. The van der Waals surface area contributed by atoms with Gasteiger partial charge in [0.2, 0.25) is 0 Å². The van der Waals surface area contributed by atoms with Crippen molar-refractivity contribution in [3.05, 3.63) is 42.5 Å². The number of benzene rings is 1. The highest BCUT2D eigenvalue weighted by Crippen LogP contribution is 2.19. The molecule has 0 aromatic heterocycles. The van der Waals surface area contributed by atoms with Gasteiger partial charge in [-0.1, -0.05) is 30.9 Å². The number of hydrogen-bond acceptors (Lipinski definition) is 3. The smallest absolute Gasteiger partial charge is 0.123 e. The van der Waals surface area contributed by atoms with E-state index in [0.717, 1.165) is 11.3 Å². The maximum atomic E-state index is 8.88. The van der Waals surface area contributed by atoms with Gasteiger partial charge in [-0.15, -0.1) is 0 Å². The highest BCUT2D eigenvalue weighted by atomic mass is 16.5. The molecular weight excluding hydrogens is 190 g/mol. The second-order valence-corrected chi connectivity index (χ2v) is 3.35. The first kappa shape index (κ1) is 11.8. The molecule has 0 saturated carbocycles. The van der Waals surface area contributed by atoms with Gasteiger partial charge in [0, 0.05) is 6.04 Å². The highest BCUT2D eigenvalue weighted by Gasteiger charge is 2.07. The molecule has 0 heterocycles. The summed E-state index contributed by atoms with van der Waals surface area (Å²) in [6.07, 6.45) is 2.31. The lowest BCUT2D eigenvalue weighted by atomic mass is 10.1. The van der Waals surface area contributed by atoms with Gasteiger partial charge in [0.05, 0.1) is 6.61 Å². The summed E-state index contributed by atoms with van der Waals surface area (Å²) >= 11 is 0. The van der Waals surface area contributed by atoms with Gasteiger partial charge in [-0.2, -0.15) is 0 Å². The van der Waals surface area contributed by atoms with Crippen molar-refractivity contribution < 1.29 is 9.84 Å². The molecule has 3 N–H and O–H groups in total. The molecule has 0 fully saturated rings. The zero-order valence-electron chi connectivity index (χ0n) is 8.73. The Morgan fingerprint density at radius 2 is 2.20 bits per heavy atom. The molecule has 0 aliphatic rings. The van der Waals surface area contributed by atoms with Crippen molar-refractivity contribution >= 4 is 0 Å². The van der Waals surface area contributed by atoms with Crippen LogP contribution in [0.2, 0.25) is 0 Å². The van der Waals surface area contributed by atoms with Crippen LogP contribution in [0, 0.1) is 0 Å². The Balaban J connectivity index is 2.71. The predicted octanol–water partition coefficient (Wildman–Crippen LogP) is 1.11. The summed E-state index contributed by atoms with van der Waals surface area (Å²) in [5, 5.41) is 8.88. The fraction of sp³-hybridized carbons (Fsp3) is 0.333. The summed E-state index contributed by atoms with van der Waals surface area (Å²) in [5.41, 5.74) is 6.69. The Kier molecular flexibility index (Phi) is 4.87. The Labute approximate surface area is 90.2 Å². The minimum Gasteiger partial charge on any atom is -0.489 e. The number of ether oxygens (including phenoxy) is 1. The Morgan fingerprint density at radius 1 is 1.47 bits per heavy atom. The van der Waals surface area contributed by atoms with Crippen LogP contribution in [0.4, 0.5) is 0 Å². The lowest BCUT2D eigenvalue weighted by Gasteiger charge is -2.12. The normalized spacial score (nSPS) is 12.1. The van der Waals surface area contributed by atoms with E-state index in [-0.39, 0.29) is 12.6 Å². The van der Waals surface area contributed by atoms with Crippen molar-refractivity contribution in [3.63, 3.8) is 0 Å². The second-order valence-electron chi connectivity index (χ2n) is 3.35. The minimum atomic E-state index is -0.238. The van der Waals surface area contributed by atoms with E-state index < -0.39 is 0 Å². The number of aliphatic hydroxyl groups is 1. The highest BCUT2D eigenvalue weighted by molar-refractivity contribution is 5.34. The molecule has 0 radical (unpaired) electrons. The van der Waals surface area contributed by atoms with Gasteiger partial charge in [0.1, 0.15) is 12.4 Å². The molecule has 0 aliphatic carbocycles. The molecule has 1 atom stereocenters. The predicted molar refractivity (Wildman–Crippen MR) is 60.9 cm³/mol. The number of nitrogens with two attached hydrogens (primary N) is 1. The fourth-order valence-electron chi connectivity index (χ4n) is 1.31. The lowest BCUT2D eigenvalue weighted by Crippen LogP contribution is -2.27. The first-order valence-corrected chi connectivity index (χ1v) is 4.96. The molecule has 1 aromatic carbocycles. The van der Waals surface area contributed by atoms with Gasteiger partial charge in [-0.25, -0.2) is 0 Å². The van der Waals surface area contributed by atoms with Crippen molar-refractivity contribution in [2.24, 2.45) is 5.73 Å². The molecule has 3 nitrogen and oxygen atoms in total. The molecule has 82 valence electrons. The number of para-hydroxylation sites is 1. The Bertz CT molecular complexity index is 312. The minimum absolute atomic E-state index is 0.0181. The second kappa shape index (κ2) is 6.22. The molecule has 0 amide bonds. The monoisotopic (exact) mass is 207 g/mol. The molecule has 0 aliphatic heterocycles. The van der Waals surface area contributed by atoms with Crippen LogP contribution in [0.25, 0.3) is 0 Å². The molecule has 0 saturated heterocycles. The van der Waals surface area contributed by atoms with Crippen LogP contribution in [0.1, 0.15) is 5.56 Å². The van der Waals surface area contributed by atoms with E-state index in [1.807, 2.05) is 24.3 Å². The molecule has 1 aromatic rings. The third-order valence-corrected chi connectivity index (χ3v) is 2.05. The number of aliphatic hydroxyl groups excluding tert-OH is 1. The van der Waals surface area contributed by atoms with Crippen LogP contribution >= 0.6 is 0 Å². The SMILES string of the molecule is C=CCOc1ccccc1CC(N)CO.